The summed E-state index contributed by atoms with van der Waals surface area (Å²) < 4.78 is 5.25. The monoisotopic (exact) mass is 229 g/mol. The molecule has 3 N–H and O–H groups in total. The van der Waals surface area contributed by atoms with Crippen molar-refractivity contribution < 1.29 is 19.7 Å². The van der Waals surface area contributed by atoms with Crippen LogP contribution in [0, 0.1) is 5.41 Å². The average Bonchev–Trinajstić information content (AvgIpc) is 2.67. The number of piperidine rings is 1. The van der Waals surface area contributed by atoms with Gasteiger partial charge in [0.15, 0.2) is 6.29 Å². The first kappa shape index (κ1) is 11.8. The lowest BCUT2D eigenvalue weighted by Crippen LogP contribution is -2.39. The minimum Gasteiger partial charge on any atom is -0.459 e. The first-order valence-corrected chi connectivity index (χ1v) is 5.60. The van der Waals surface area contributed by atoms with Crippen molar-refractivity contribution in [1.29, 1.82) is 0 Å². The number of ether oxygens (including phenoxy) is 1. The molecule has 2 aliphatic rings. The fraction of sp³-hybridized carbons (Fsp3) is 0.909. The van der Waals surface area contributed by atoms with E-state index in [2.05, 4.69) is 5.32 Å². The normalized spacial score (nSPS) is 37.4. The molecule has 5 heteroatoms. The maximum atomic E-state index is 11.7. The van der Waals surface area contributed by atoms with Gasteiger partial charge in [0.1, 0.15) is 11.6 Å². The number of carbonyl (C=O) groups is 1. The number of fused-ring (bicyclic) bond motifs is 1. The largest absolute Gasteiger partial charge is 0.459 e. The number of nitrogens with one attached hydrogen (secondary N) is 1. The van der Waals surface area contributed by atoms with E-state index in [0.717, 1.165) is 6.42 Å². The first-order valence-electron chi connectivity index (χ1n) is 5.60. The van der Waals surface area contributed by atoms with Crippen LogP contribution in [0.2, 0.25) is 0 Å². The van der Waals surface area contributed by atoms with Gasteiger partial charge in [-0.2, -0.15) is 0 Å². The number of hydrogen-bond donors (Lipinski definition) is 3. The summed E-state index contributed by atoms with van der Waals surface area (Å²) >= 11 is 0. The predicted molar refractivity (Wildman–Crippen MR) is 56.4 cm³/mol. The van der Waals surface area contributed by atoms with E-state index in [-0.39, 0.29) is 12.0 Å². The Morgan fingerprint density at radius 1 is 1.44 bits per heavy atom. The minimum absolute atomic E-state index is 0.0463. The molecule has 1 saturated heterocycles. The lowest BCUT2D eigenvalue weighted by molar-refractivity contribution is -0.158. The van der Waals surface area contributed by atoms with Crippen LogP contribution in [0.15, 0.2) is 0 Å². The van der Waals surface area contributed by atoms with E-state index in [0.29, 0.717) is 6.42 Å². The number of rotatable bonds is 2. The van der Waals surface area contributed by atoms with E-state index >= 15 is 0 Å². The molecule has 2 fully saturated rings. The van der Waals surface area contributed by atoms with Crippen molar-refractivity contribution in [1.82, 2.24) is 5.32 Å². The summed E-state index contributed by atoms with van der Waals surface area (Å²) in [7, 11) is 0. The highest BCUT2D eigenvalue weighted by molar-refractivity contribution is 5.77. The molecule has 1 aliphatic carbocycles. The fourth-order valence-corrected chi connectivity index (χ4v) is 2.37. The topological polar surface area (TPSA) is 78.8 Å². The molecule has 5 nitrogen and oxygen atoms in total. The van der Waals surface area contributed by atoms with Gasteiger partial charge < -0.3 is 20.3 Å². The zero-order valence-electron chi connectivity index (χ0n) is 9.86. The standard InChI is InChI=1S/C11H19NO4/c1-10(2,3)16-8(13)6-4-11(9(14)15)5-7(11)12-6/h6-7,9,12,14-15H,4-5H2,1-3H3/t6-,7+,11+/m0/s1. The van der Waals surface area contributed by atoms with Gasteiger partial charge in [-0.15, -0.1) is 0 Å². The SMILES string of the molecule is CC(C)(C)OC(=O)[C@@H]1C[C@@]2(C(O)O)C[C@H]2N1. The molecule has 0 radical (unpaired) electrons. The van der Waals surface area contributed by atoms with Gasteiger partial charge in [0.05, 0.1) is 0 Å². The highest BCUT2D eigenvalue weighted by atomic mass is 16.6. The van der Waals surface area contributed by atoms with E-state index in [4.69, 9.17) is 4.74 Å². The molecule has 16 heavy (non-hydrogen) atoms. The van der Waals surface area contributed by atoms with Crippen LogP contribution in [0.25, 0.3) is 0 Å². The second kappa shape index (κ2) is 3.42. The van der Waals surface area contributed by atoms with Crippen LogP contribution in [-0.4, -0.2) is 40.2 Å². The van der Waals surface area contributed by atoms with Gasteiger partial charge in [-0.05, 0) is 33.6 Å². The number of aliphatic hydroxyl groups excluding tert-OH is 1. The van der Waals surface area contributed by atoms with Crippen molar-refractivity contribution in [3.63, 3.8) is 0 Å². The molecule has 1 saturated carbocycles. The summed E-state index contributed by atoms with van der Waals surface area (Å²) in [4.78, 5) is 11.7. The lowest BCUT2D eigenvalue weighted by atomic mass is 9.99. The Morgan fingerprint density at radius 2 is 2.06 bits per heavy atom. The number of hydrogen-bond acceptors (Lipinski definition) is 5. The summed E-state index contributed by atoms with van der Waals surface area (Å²) in [6.07, 6.45) is -0.175. The maximum absolute atomic E-state index is 11.7. The average molecular weight is 229 g/mol. The van der Waals surface area contributed by atoms with Gasteiger partial charge in [-0.3, -0.25) is 4.79 Å². The van der Waals surface area contributed by atoms with Gasteiger partial charge >= 0.3 is 5.97 Å². The predicted octanol–water partition coefficient (Wildman–Crippen LogP) is -0.241. The Kier molecular flexibility index (Phi) is 2.53. The van der Waals surface area contributed by atoms with Crippen molar-refractivity contribution in [2.45, 2.75) is 57.6 Å². The van der Waals surface area contributed by atoms with E-state index in [1.165, 1.54) is 0 Å². The van der Waals surface area contributed by atoms with Crippen molar-refractivity contribution in [2.75, 3.05) is 0 Å². The zero-order valence-corrected chi connectivity index (χ0v) is 9.86. The van der Waals surface area contributed by atoms with Crippen LogP contribution >= 0.6 is 0 Å². The smallest absolute Gasteiger partial charge is 0.323 e. The molecule has 0 unspecified atom stereocenters. The Bertz CT molecular complexity index is 310. The highest BCUT2D eigenvalue weighted by Gasteiger charge is 2.65. The van der Waals surface area contributed by atoms with Gasteiger partial charge in [-0.25, -0.2) is 0 Å². The summed E-state index contributed by atoms with van der Waals surface area (Å²) in [6.45, 7) is 5.45. The molecule has 1 heterocycles. The third-order valence-electron chi connectivity index (χ3n) is 3.31. The van der Waals surface area contributed by atoms with E-state index < -0.39 is 23.3 Å². The molecule has 0 amide bonds. The molecular weight excluding hydrogens is 210 g/mol. The van der Waals surface area contributed by atoms with Crippen LogP contribution in [0.1, 0.15) is 33.6 Å². The summed E-state index contributed by atoms with van der Waals surface area (Å²) in [5, 5.41) is 21.6. The molecule has 0 aromatic rings. The quantitative estimate of drug-likeness (QED) is 0.450. The first-order chi connectivity index (χ1) is 7.24. The molecule has 3 atom stereocenters. The van der Waals surface area contributed by atoms with Crippen LogP contribution < -0.4 is 5.32 Å². The Labute approximate surface area is 94.8 Å². The van der Waals surface area contributed by atoms with Crippen molar-refractivity contribution in [2.24, 2.45) is 5.41 Å². The zero-order chi connectivity index (χ0) is 12.1. The summed E-state index contributed by atoms with van der Waals surface area (Å²) in [6, 6.07) is -0.357. The van der Waals surface area contributed by atoms with Crippen molar-refractivity contribution in [3.05, 3.63) is 0 Å². The maximum Gasteiger partial charge on any atom is 0.323 e. The van der Waals surface area contributed by atoms with Gasteiger partial charge in [0.25, 0.3) is 0 Å². The lowest BCUT2D eigenvalue weighted by Gasteiger charge is -2.23. The van der Waals surface area contributed by atoms with Crippen molar-refractivity contribution in [3.8, 4) is 0 Å². The molecule has 0 bridgehead atoms. The molecule has 0 aromatic heterocycles. The Hall–Kier alpha value is -0.650. The number of carbonyl (C=O) groups excluding carboxylic acids is 1. The summed E-state index contributed by atoms with van der Waals surface area (Å²) in [5.41, 5.74) is -1.02. The molecule has 2 rings (SSSR count). The second-order valence-electron chi connectivity index (χ2n) is 5.82. The van der Waals surface area contributed by atoms with Crippen molar-refractivity contribution >= 4 is 5.97 Å². The van der Waals surface area contributed by atoms with E-state index in [1.807, 2.05) is 20.8 Å². The Balaban J connectivity index is 1.93. The van der Waals surface area contributed by atoms with Crippen LogP contribution in [0.5, 0.6) is 0 Å². The van der Waals surface area contributed by atoms with Crippen LogP contribution in [0.4, 0.5) is 0 Å². The fourth-order valence-electron chi connectivity index (χ4n) is 2.37. The molecule has 0 spiro atoms. The third-order valence-corrected chi connectivity index (χ3v) is 3.31. The number of esters is 1. The highest BCUT2D eigenvalue weighted by Crippen LogP contribution is 2.56. The molecular formula is C11H19NO4. The third kappa shape index (κ3) is 1.95. The summed E-state index contributed by atoms with van der Waals surface area (Å²) in [5.74, 6) is -0.306. The molecule has 0 aromatic carbocycles. The van der Waals surface area contributed by atoms with Gasteiger partial charge in [0.2, 0.25) is 0 Å². The molecule has 1 aliphatic heterocycles. The van der Waals surface area contributed by atoms with Gasteiger partial charge in [0, 0.05) is 11.5 Å². The van der Waals surface area contributed by atoms with Crippen LogP contribution in [-0.2, 0) is 9.53 Å². The Morgan fingerprint density at radius 3 is 2.50 bits per heavy atom. The van der Waals surface area contributed by atoms with Gasteiger partial charge in [-0.1, -0.05) is 0 Å². The van der Waals surface area contributed by atoms with E-state index in [9.17, 15) is 15.0 Å². The van der Waals surface area contributed by atoms with Crippen LogP contribution in [0.3, 0.4) is 0 Å². The number of aliphatic hydroxyl groups is 2. The minimum atomic E-state index is -1.35. The van der Waals surface area contributed by atoms with E-state index in [1.54, 1.807) is 0 Å². The molecule has 92 valence electrons. The second-order valence-corrected chi connectivity index (χ2v) is 5.82.